The zero-order valence-electron chi connectivity index (χ0n) is 11.8. The van der Waals surface area contributed by atoms with Gasteiger partial charge < -0.3 is 15.2 Å². The molecular formula is C14H15ClN2O5. The van der Waals surface area contributed by atoms with E-state index in [9.17, 15) is 14.4 Å². The average Bonchev–Trinajstić information content (AvgIpc) is 2.98. The van der Waals surface area contributed by atoms with Crippen molar-refractivity contribution >= 4 is 35.3 Å². The van der Waals surface area contributed by atoms with Gasteiger partial charge in [-0.05, 0) is 31.0 Å². The number of carbonyl (C=O) groups excluding carboxylic acids is 2. The Kier molecular flexibility index (Phi) is 4.87. The predicted molar refractivity (Wildman–Crippen MR) is 79.2 cm³/mol. The number of hydrogen-bond acceptors (Lipinski definition) is 4. The van der Waals surface area contributed by atoms with Crippen molar-refractivity contribution in [2.45, 2.75) is 18.9 Å². The number of hydrogen-bond donors (Lipinski definition) is 2. The van der Waals surface area contributed by atoms with Crippen molar-refractivity contribution in [1.29, 1.82) is 0 Å². The molecule has 1 heterocycles. The third-order valence-corrected chi connectivity index (χ3v) is 3.68. The second-order valence-corrected chi connectivity index (χ2v) is 5.24. The molecule has 0 aliphatic carbocycles. The number of anilines is 1. The van der Waals surface area contributed by atoms with Crippen LogP contribution in [0.5, 0.6) is 0 Å². The first-order chi connectivity index (χ1) is 10.4. The summed E-state index contributed by atoms with van der Waals surface area (Å²) >= 11 is 5.84. The lowest BCUT2D eigenvalue weighted by Crippen LogP contribution is -2.42. The Balaban J connectivity index is 2.21. The Bertz CT molecular complexity index is 619. The molecule has 0 unspecified atom stereocenters. The number of nitrogens with zero attached hydrogens (tertiary/aromatic N) is 1. The molecule has 118 valence electrons. The maximum absolute atomic E-state index is 12.3. The molecule has 0 saturated carbocycles. The third-order valence-electron chi connectivity index (χ3n) is 3.45. The van der Waals surface area contributed by atoms with Crippen LogP contribution in [0.1, 0.15) is 23.2 Å². The summed E-state index contributed by atoms with van der Waals surface area (Å²) in [6.45, 7) is 0.317. The molecule has 22 heavy (non-hydrogen) atoms. The highest BCUT2D eigenvalue weighted by Gasteiger charge is 2.34. The maximum Gasteiger partial charge on any atom is 0.407 e. The van der Waals surface area contributed by atoms with E-state index < -0.39 is 24.0 Å². The van der Waals surface area contributed by atoms with Crippen LogP contribution in [0, 0.1) is 0 Å². The topological polar surface area (TPSA) is 95.9 Å². The van der Waals surface area contributed by atoms with Crippen LogP contribution in [-0.2, 0) is 9.53 Å². The first kappa shape index (κ1) is 16.1. The number of carboxylic acid groups (broad SMARTS) is 1. The fourth-order valence-corrected chi connectivity index (χ4v) is 2.56. The highest BCUT2D eigenvalue weighted by Crippen LogP contribution is 2.24. The largest absolute Gasteiger partial charge is 0.465 e. The molecule has 8 heteroatoms. The van der Waals surface area contributed by atoms with Crippen molar-refractivity contribution in [3.05, 3.63) is 28.8 Å². The molecule has 0 spiro atoms. The number of amides is 2. The molecule has 1 aromatic carbocycles. The van der Waals surface area contributed by atoms with E-state index in [2.05, 4.69) is 10.1 Å². The molecule has 0 radical (unpaired) electrons. The van der Waals surface area contributed by atoms with E-state index >= 15 is 0 Å². The van der Waals surface area contributed by atoms with Gasteiger partial charge in [0.1, 0.15) is 6.04 Å². The molecule has 1 aromatic rings. The van der Waals surface area contributed by atoms with Crippen LogP contribution >= 0.6 is 11.6 Å². The Labute approximate surface area is 131 Å². The first-order valence-electron chi connectivity index (χ1n) is 6.62. The van der Waals surface area contributed by atoms with Gasteiger partial charge in [-0.1, -0.05) is 11.6 Å². The van der Waals surface area contributed by atoms with E-state index in [-0.39, 0.29) is 11.3 Å². The lowest BCUT2D eigenvalue weighted by atomic mass is 10.1. The van der Waals surface area contributed by atoms with Crippen LogP contribution in [0.25, 0.3) is 0 Å². The molecule has 1 aliphatic heterocycles. The fourth-order valence-electron chi connectivity index (χ4n) is 2.39. The Morgan fingerprint density at radius 2 is 2.14 bits per heavy atom. The normalized spacial score (nSPS) is 17.2. The molecule has 1 fully saturated rings. The molecule has 0 bridgehead atoms. The van der Waals surface area contributed by atoms with Crippen molar-refractivity contribution in [2.24, 2.45) is 0 Å². The van der Waals surface area contributed by atoms with E-state index in [0.717, 1.165) is 4.90 Å². The summed E-state index contributed by atoms with van der Waals surface area (Å²) in [6.07, 6.45) is -0.0735. The van der Waals surface area contributed by atoms with E-state index in [1.54, 1.807) is 0 Å². The first-order valence-corrected chi connectivity index (χ1v) is 7.00. The zero-order valence-corrected chi connectivity index (χ0v) is 12.6. The number of carbonyl (C=O) groups is 3. The summed E-state index contributed by atoms with van der Waals surface area (Å²) in [7, 11) is 1.22. The summed E-state index contributed by atoms with van der Waals surface area (Å²) in [4.78, 5) is 36.2. The molecule has 0 aromatic heterocycles. The minimum absolute atomic E-state index is 0.114. The summed E-state index contributed by atoms with van der Waals surface area (Å²) in [5.74, 6) is -1.12. The predicted octanol–water partition coefficient (Wildman–Crippen LogP) is 2.21. The van der Waals surface area contributed by atoms with Gasteiger partial charge in [-0.25, -0.2) is 9.59 Å². The van der Waals surface area contributed by atoms with Crippen LogP contribution in [0.4, 0.5) is 10.5 Å². The maximum atomic E-state index is 12.3. The fraction of sp³-hybridized carbons (Fsp3) is 0.357. The van der Waals surface area contributed by atoms with Gasteiger partial charge in [-0.15, -0.1) is 0 Å². The number of ether oxygens (including phenoxy) is 1. The van der Waals surface area contributed by atoms with Gasteiger partial charge in [0.05, 0.1) is 18.4 Å². The van der Waals surface area contributed by atoms with Gasteiger partial charge in [0.2, 0.25) is 5.91 Å². The molecule has 2 N–H and O–H groups in total. The second-order valence-electron chi connectivity index (χ2n) is 4.80. The number of benzene rings is 1. The molecule has 2 amide bonds. The van der Waals surface area contributed by atoms with Crippen LogP contribution in [-0.4, -0.2) is 47.7 Å². The van der Waals surface area contributed by atoms with Crippen molar-refractivity contribution in [2.75, 3.05) is 19.0 Å². The molecule has 1 atom stereocenters. The van der Waals surface area contributed by atoms with Gasteiger partial charge in [0.25, 0.3) is 0 Å². The van der Waals surface area contributed by atoms with Crippen molar-refractivity contribution < 1.29 is 24.2 Å². The number of nitrogens with one attached hydrogen (secondary N) is 1. The molecular weight excluding hydrogens is 312 g/mol. The minimum atomic E-state index is -1.14. The van der Waals surface area contributed by atoms with Crippen LogP contribution < -0.4 is 5.32 Å². The van der Waals surface area contributed by atoms with E-state index in [1.807, 2.05) is 0 Å². The second kappa shape index (κ2) is 6.65. The number of esters is 1. The van der Waals surface area contributed by atoms with Crippen molar-refractivity contribution in [3.63, 3.8) is 0 Å². The lowest BCUT2D eigenvalue weighted by Gasteiger charge is -2.21. The van der Waals surface area contributed by atoms with E-state index in [1.165, 1.54) is 25.3 Å². The van der Waals surface area contributed by atoms with Crippen LogP contribution in [0.2, 0.25) is 5.02 Å². The molecule has 2 rings (SSSR count). The van der Waals surface area contributed by atoms with Crippen molar-refractivity contribution in [1.82, 2.24) is 4.90 Å². The number of likely N-dealkylation sites (tertiary alicyclic amines) is 1. The minimum Gasteiger partial charge on any atom is -0.465 e. The quantitative estimate of drug-likeness (QED) is 0.830. The Morgan fingerprint density at radius 3 is 2.77 bits per heavy atom. The van der Waals surface area contributed by atoms with Crippen molar-refractivity contribution in [3.8, 4) is 0 Å². The smallest absolute Gasteiger partial charge is 0.407 e. The van der Waals surface area contributed by atoms with Gasteiger partial charge in [0, 0.05) is 11.6 Å². The van der Waals surface area contributed by atoms with Crippen LogP contribution in [0.3, 0.4) is 0 Å². The summed E-state index contributed by atoms with van der Waals surface area (Å²) in [5.41, 5.74) is 0.349. The van der Waals surface area contributed by atoms with E-state index in [4.69, 9.17) is 16.7 Å². The number of rotatable bonds is 3. The molecule has 1 aliphatic rings. The van der Waals surface area contributed by atoms with Gasteiger partial charge in [-0.2, -0.15) is 0 Å². The number of halogens is 1. The third kappa shape index (κ3) is 3.30. The standard InChI is InChI=1S/C14H15ClN2O5/c1-22-13(19)9-7-8(15)4-5-10(9)16-12(18)11-3-2-6-17(11)14(20)21/h4-5,7,11H,2-3,6H2,1H3,(H,16,18)(H,20,21)/t11-/m0/s1. The van der Waals surface area contributed by atoms with Gasteiger partial charge >= 0.3 is 12.1 Å². The van der Waals surface area contributed by atoms with E-state index in [0.29, 0.717) is 24.4 Å². The van der Waals surface area contributed by atoms with Crippen LogP contribution in [0.15, 0.2) is 18.2 Å². The highest BCUT2D eigenvalue weighted by molar-refractivity contribution is 6.31. The highest BCUT2D eigenvalue weighted by atomic mass is 35.5. The Hall–Kier alpha value is -2.28. The summed E-state index contributed by atoms with van der Waals surface area (Å²) in [5, 5.41) is 12.0. The summed E-state index contributed by atoms with van der Waals surface area (Å²) in [6, 6.07) is 3.62. The lowest BCUT2D eigenvalue weighted by molar-refractivity contribution is -0.119. The monoisotopic (exact) mass is 326 g/mol. The summed E-state index contributed by atoms with van der Waals surface area (Å²) < 4.78 is 4.64. The molecule has 1 saturated heterocycles. The average molecular weight is 327 g/mol. The molecule has 7 nitrogen and oxygen atoms in total. The zero-order chi connectivity index (χ0) is 16.3. The van der Waals surface area contributed by atoms with Gasteiger partial charge in [-0.3, -0.25) is 9.69 Å². The number of methoxy groups -OCH3 is 1. The SMILES string of the molecule is COC(=O)c1cc(Cl)ccc1NC(=O)[C@@H]1CCCN1C(=O)O. The Morgan fingerprint density at radius 1 is 1.41 bits per heavy atom. The van der Waals surface area contributed by atoms with Gasteiger partial charge in [0.15, 0.2) is 0 Å².